The van der Waals surface area contributed by atoms with E-state index in [2.05, 4.69) is 9.97 Å². The van der Waals surface area contributed by atoms with Gasteiger partial charge in [-0.3, -0.25) is 4.79 Å². The molecule has 0 fully saturated rings. The second-order valence-electron chi connectivity index (χ2n) is 4.92. The first kappa shape index (κ1) is 16.7. The molecule has 0 bridgehead atoms. The highest BCUT2D eigenvalue weighted by Crippen LogP contribution is 2.27. The van der Waals surface area contributed by atoms with Crippen LogP contribution in [-0.4, -0.2) is 29.2 Å². The molecule has 6 heteroatoms. The van der Waals surface area contributed by atoms with Gasteiger partial charge in [0, 0.05) is 0 Å². The second-order valence-corrected chi connectivity index (χ2v) is 4.92. The minimum absolute atomic E-state index is 0.198. The van der Waals surface area contributed by atoms with Crippen LogP contribution < -0.4 is 4.74 Å². The summed E-state index contributed by atoms with van der Waals surface area (Å²) in [7, 11) is 0. The van der Waals surface area contributed by atoms with Crippen molar-refractivity contribution >= 4 is 17.0 Å². The number of hydrogen-bond donors (Lipinski definition) is 0. The number of fused-ring (bicyclic) bond motifs is 1. The Morgan fingerprint density at radius 2 is 1.96 bits per heavy atom. The molecule has 0 aliphatic heterocycles. The Bertz CT molecular complexity index is 725. The zero-order chi connectivity index (χ0) is 16.7. The van der Waals surface area contributed by atoms with Crippen molar-refractivity contribution in [3.05, 3.63) is 30.0 Å². The van der Waals surface area contributed by atoms with Gasteiger partial charge in [0.25, 0.3) is 0 Å². The summed E-state index contributed by atoms with van der Waals surface area (Å²) in [6.07, 6.45) is 1.82. The fourth-order valence-electron chi connectivity index (χ4n) is 2.06. The molecule has 1 aromatic heterocycles. The number of esters is 1. The first-order chi connectivity index (χ1) is 11.2. The fraction of sp³-hybridized carbons (Fsp3) is 0.412. The molecule has 0 spiro atoms. The summed E-state index contributed by atoms with van der Waals surface area (Å²) >= 11 is 0. The molecule has 2 aromatic rings. The number of para-hydroxylation sites is 2. The smallest absolute Gasteiger partial charge is 0.329 e. The summed E-state index contributed by atoms with van der Waals surface area (Å²) in [5.41, 5.74) is 1.47. The minimum Gasteiger partial charge on any atom is -0.476 e. The van der Waals surface area contributed by atoms with Crippen LogP contribution in [0.3, 0.4) is 0 Å². The van der Waals surface area contributed by atoms with E-state index in [4.69, 9.17) is 9.47 Å². The average molecular weight is 313 g/mol. The van der Waals surface area contributed by atoms with Crippen LogP contribution in [-0.2, 0) is 9.53 Å². The molecule has 0 N–H and O–H groups in total. The lowest BCUT2D eigenvalue weighted by Crippen LogP contribution is -2.18. The van der Waals surface area contributed by atoms with Crippen LogP contribution in [0.1, 0.15) is 38.3 Å². The number of ether oxygens (including phenoxy) is 2. The third-order valence-electron chi connectivity index (χ3n) is 3.23. The van der Waals surface area contributed by atoms with Crippen LogP contribution >= 0.6 is 0 Å². The molecule has 1 aromatic carbocycles. The third kappa shape index (κ3) is 3.95. The van der Waals surface area contributed by atoms with Crippen molar-refractivity contribution in [1.29, 1.82) is 5.26 Å². The molecule has 0 aliphatic carbocycles. The van der Waals surface area contributed by atoms with E-state index in [0.29, 0.717) is 17.6 Å². The number of hydrogen-bond acceptors (Lipinski definition) is 6. The van der Waals surface area contributed by atoms with Crippen molar-refractivity contribution < 1.29 is 14.3 Å². The van der Waals surface area contributed by atoms with E-state index >= 15 is 0 Å². The fourth-order valence-corrected chi connectivity index (χ4v) is 2.06. The Kier molecular flexibility index (Phi) is 5.87. The van der Waals surface area contributed by atoms with E-state index in [1.165, 1.54) is 0 Å². The van der Waals surface area contributed by atoms with Gasteiger partial charge in [-0.2, -0.15) is 5.26 Å². The summed E-state index contributed by atoms with van der Waals surface area (Å²) in [4.78, 5) is 20.9. The summed E-state index contributed by atoms with van der Waals surface area (Å²) in [6, 6.07) is 9.20. The molecule has 0 unspecified atom stereocenters. The Labute approximate surface area is 135 Å². The predicted octanol–water partition coefficient (Wildman–Crippen LogP) is 2.98. The Hall–Kier alpha value is -2.68. The van der Waals surface area contributed by atoms with Crippen molar-refractivity contribution in [3.63, 3.8) is 0 Å². The molecule has 0 radical (unpaired) electrons. The number of aromatic nitrogens is 2. The molecule has 0 aliphatic rings. The lowest BCUT2D eigenvalue weighted by Gasteiger charge is -2.13. The van der Waals surface area contributed by atoms with Crippen molar-refractivity contribution in [2.45, 2.75) is 32.6 Å². The molecule has 0 amide bonds. The number of benzene rings is 1. The van der Waals surface area contributed by atoms with Crippen LogP contribution in [0, 0.1) is 11.3 Å². The maximum absolute atomic E-state index is 12.0. The summed E-state index contributed by atoms with van der Waals surface area (Å²) in [5, 5.41) is 9.37. The van der Waals surface area contributed by atoms with Crippen molar-refractivity contribution in [2.75, 3.05) is 13.2 Å². The van der Waals surface area contributed by atoms with Gasteiger partial charge in [-0.15, -0.1) is 0 Å². The highest BCUT2D eigenvalue weighted by Gasteiger charge is 2.28. The SMILES string of the molecule is CCCCOc1nc2ccccc2nc1[C@@H](C#N)C(=O)OCC. The number of rotatable bonds is 7. The largest absolute Gasteiger partial charge is 0.476 e. The summed E-state index contributed by atoms with van der Waals surface area (Å²) in [5.74, 6) is -1.57. The lowest BCUT2D eigenvalue weighted by molar-refractivity contribution is -0.143. The Morgan fingerprint density at radius 3 is 2.57 bits per heavy atom. The number of nitriles is 1. The standard InChI is InChI=1S/C17H19N3O3/c1-3-5-10-23-16-15(12(11-18)17(21)22-4-2)19-13-8-6-7-9-14(13)20-16/h6-9,12H,3-5,10H2,1-2H3/t12-/m1/s1. The van der Waals surface area contributed by atoms with E-state index < -0.39 is 11.9 Å². The van der Waals surface area contributed by atoms with Gasteiger partial charge in [0.1, 0.15) is 5.69 Å². The van der Waals surface area contributed by atoms with Crippen molar-refractivity contribution in [3.8, 4) is 11.9 Å². The first-order valence-electron chi connectivity index (χ1n) is 7.67. The van der Waals surface area contributed by atoms with Gasteiger partial charge >= 0.3 is 5.97 Å². The molecule has 0 saturated heterocycles. The Balaban J connectivity index is 2.46. The van der Waals surface area contributed by atoms with Crippen molar-refractivity contribution in [1.82, 2.24) is 9.97 Å². The number of carbonyl (C=O) groups excluding carboxylic acids is 1. The average Bonchev–Trinajstić information content (AvgIpc) is 2.56. The van der Waals surface area contributed by atoms with Gasteiger partial charge in [-0.05, 0) is 25.5 Å². The van der Waals surface area contributed by atoms with Gasteiger partial charge in [-0.1, -0.05) is 25.5 Å². The monoisotopic (exact) mass is 313 g/mol. The number of carbonyl (C=O) groups is 1. The van der Waals surface area contributed by atoms with Crippen LogP contribution in [0.4, 0.5) is 0 Å². The second kappa shape index (κ2) is 8.08. The Morgan fingerprint density at radius 1 is 1.26 bits per heavy atom. The maximum Gasteiger partial charge on any atom is 0.329 e. The van der Waals surface area contributed by atoms with Crippen LogP contribution in [0.2, 0.25) is 0 Å². The molecule has 6 nitrogen and oxygen atoms in total. The molecule has 2 rings (SSSR count). The van der Waals surface area contributed by atoms with Gasteiger partial charge in [0.15, 0.2) is 5.92 Å². The molecule has 0 saturated carbocycles. The molecule has 120 valence electrons. The van der Waals surface area contributed by atoms with Crippen LogP contribution in [0.5, 0.6) is 5.88 Å². The molecule has 23 heavy (non-hydrogen) atoms. The van der Waals surface area contributed by atoms with E-state index in [9.17, 15) is 10.1 Å². The van der Waals surface area contributed by atoms with E-state index in [0.717, 1.165) is 12.8 Å². The van der Waals surface area contributed by atoms with Crippen molar-refractivity contribution in [2.24, 2.45) is 0 Å². The van der Waals surface area contributed by atoms with E-state index in [1.807, 2.05) is 31.2 Å². The normalized spacial score (nSPS) is 11.7. The van der Waals surface area contributed by atoms with Gasteiger partial charge < -0.3 is 9.47 Å². The highest BCUT2D eigenvalue weighted by molar-refractivity contribution is 5.83. The lowest BCUT2D eigenvalue weighted by atomic mass is 10.1. The molecule has 1 heterocycles. The van der Waals surface area contributed by atoms with Crippen LogP contribution in [0.25, 0.3) is 11.0 Å². The molecule has 1 atom stereocenters. The zero-order valence-corrected chi connectivity index (χ0v) is 13.3. The summed E-state index contributed by atoms with van der Waals surface area (Å²) in [6.45, 7) is 4.39. The quantitative estimate of drug-likeness (QED) is 0.577. The maximum atomic E-state index is 12.0. The van der Waals surface area contributed by atoms with E-state index in [-0.39, 0.29) is 18.2 Å². The highest BCUT2D eigenvalue weighted by atomic mass is 16.5. The van der Waals surface area contributed by atoms with Gasteiger partial charge in [0.2, 0.25) is 5.88 Å². The van der Waals surface area contributed by atoms with Gasteiger partial charge in [0.05, 0.1) is 30.3 Å². The van der Waals surface area contributed by atoms with E-state index in [1.54, 1.807) is 13.0 Å². The minimum atomic E-state index is -1.15. The zero-order valence-electron chi connectivity index (χ0n) is 13.3. The molecular weight excluding hydrogens is 294 g/mol. The molecular formula is C17H19N3O3. The van der Waals surface area contributed by atoms with Gasteiger partial charge in [-0.25, -0.2) is 9.97 Å². The predicted molar refractivity (Wildman–Crippen MR) is 84.9 cm³/mol. The first-order valence-corrected chi connectivity index (χ1v) is 7.67. The number of unbranched alkanes of at least 4 members (excludes halogenated alkanes) is 1. The topological polar surface area (TPSA) is 85.1 Å². The third-order valence-corrected chi connectivity index (χ3v) is 3.23. The summed E-state index contributed by atoms with van der Waals surface area (Å²) < 4.78 is 10.6. The number of nitrogens with zero attached hydrogens (tertiary/aromatic N) is 3. The van der Waals surface area contributed by atoms with Crippen LogP contribution in [0.15, 0.2) is 24.3 Å².